The Kier molecular flexibility index (Phi) is 7.35. The molecule has 0 amide bonds. The van der Waals surface area contributed by atoms with Gasteiger partial charge in [0.25, 0.3) is 0 Å². The van der Waals surface area contributed by atoms with E-state index in [9.17, 15) is 8.42 Å². The molecule has 1 aromatic rings. The van der Waals surface area contributed by atoms with Crippen LogP contribution in [-0.2, 0) is 16.6 Å². The molecule has 21 heavy (non-hydrogen) atoms. The fourth-order valence-corrected chi connectivity index (χ4v) is 3.10. The number of rotatable bonds is 9. The Morgan fingerprint density at radius 3 is 2.57 bits per heavy atom. The summed E-state index contributed by atoms with van der Waals surface area (Å²) >= 11 is 0. The van der Waals surface area contributed by atoms with E-state index in [-0.39, 0.29) is 0 Å². The molecule has 4 nitrogen and oxygen atoms in total. The van der Waals surface area contributed by atoms with Crippen LogP contribution in [0.25, 0.3) is 0 Å². The van der Waals surface area contributed by atoms with Crippen molar-refractivity contribution >= 4 is 10.0 Å². The van der Waals surface area contributed by atoms with Crippen molar-refractivity contribution in [2.75, 3.05) is 13.1 Å². The maximum atomic E-state index is 12.3. The highest BCUT2D eigenvalue weighted by Gasteiger charge is 2.15. The Bertz CT molecular complexity index is 541. The zero-order valence-electron chi connectivity index (χ0n) is 13.6. The van der Waals surface area contributed by atoms with Crippen LogP contribution in [0.3, 0.4) is 0 Å². The maximum Gasteiger partial charge on any atom is 0.240 e. The number of aryl methyl sites for hydroxylation is 1. The van der Waals surface area contributed by atoms with Crippen LogP contribution >= 0.6 is 0 Å². The van der Waals surface area contributed by atoms with Gasteiger partial charge < -0.3 is 5.32 Å². The normalized spacial score (nSPS) is 13.3. The van der Waals surface area contributed by atoms with Gasteiger partial charge in [-0.2, -0.15) is 0 Å². The Morgan fingerprint density at radius 1 is 1.24 bits per heavy atom. The van der Waals surface area contributed by atoms with Crippen molar-refractivity contribution in [3.63, 3.8) is 0 Å². The van der Waals surface area contributed by atoms with Crippen LogP contribution in [0.15, 0.2) is 23.1 Å². The number of hydrogen-bond donors (Lipinski definition) is 2. The van der Waals surface area contributed by atoms with Crippen molar-refractivity contribution in [2.24, 2.45) is 5.92 Å². The van der Waals surface area contributed by atoms with Crippen LogP contribution in [0.2, 0.25) is 0 Å². The van der Waals surface area contributed by atoms with E-state index in [4.69, 9.17) is 0 Å². The summed E-state index contributed by atoms with van der Waals surface area (Å²) < 4.78 is 27.3. The van der Waals surface area contributed by atoms with Gasteiger partial charge in [-0.1, -0.05) is 33.3 Å². The summed E-state index contributed by atoms with van der Waals surface area (Å²) in [6.07, 6.45) is 2.02. The van der Waals surface area contributed by atoms with Gasteiger partial charge in [0.2, 0.25) is 10.0 Å². The van der Waals surface area contributed by atoms with Crippen molar-refractivity contribution in [2.45, 2.75) is 52.0 Å². The smallest absolute Gasteiger partial charge is 0.240 e. The molecular formula is C16H28N2O2S. The molecule has 0 heterocycles. The molecule has 1 atom stereocenters. The highest BCUT2D eigenvalue weighted by molar-refractivity contribution is 7.89. The van der Waals surface area contributed by atoms with Gasteiger partial charge in [-0.15, -0.1) is 0 Å². The Hall–Kier alpha value is -0.910. The Morgan fingerprint density at radius 2 is 1.95 bits per heavy atom. The van der Waals surface area contributed by atoms with E-state index in [1.54, 1.807) is 12.1 Å². The largest absolute Gasteiger partial charge is 0.313 e. The Balaban J connectivity index is 2.84. The zero-order valence-corrected chi connectivity index (χ0v) is 14.4. The predicted octanol–water partition coefficient (Wildman–Crippen LogP) is 2.82. The summed E-state index contributed by atoms with van der Waals surface area (Å²) in [7, 11) is -3.41. The first kappa shape index (κ1) is 18.1. The van der Waals surface area contributed by atoms with Crippen molar-refractivity contribution in [1.82, 2.24) is 10.0 Å². The molecule has 0 bridgehead atoms. The van der Waals surface area contributed by atoms with Crippen LogP contribution in [0.5, 0.6) is 0 Å². The van der Waals surface area contributed by atoms with E-state index >= 15 is 0 Å². The van der Waals surface area contributed by atoms with Crippen LogP contribution in [0.1, 0.15) is 44.7 Å². The molecule has 0 fully saturated rings. The van der Waals surface area contributed by atoms with Crippen molar-refractivity contribution in [3.8, 4) is 0 Å². The van der Waals surface area contributed by atoms with Gasteiger partial charge in [-0.05, 0) is 49.1 Å². The van der Waals surface area contributed by atoms with Crippen molar-refractivity contribution in [1.29, 1.82) is 0 Å². The molecular weight excluding hydrogens is 284 g/mol. The first-order chi connectivity index (χ1) is 9.90. The Labute approximate surface area is 129 Å². The molecule has 0 aromatic heterocycles. The van der Waals surface area contributed by atoms with Gasteiger partial charge in [0.15, 0.2) is 0 Å². The van der Waals surface area contributed by atoms with E-state index < -0.39 is 10.0 Å². The zero-order chi connectivity index (χ0) is 15.9. The maximum absolute atomic E-state index is 12.3. The topological polar surface area (TPSA) is 58.2 Å². The molecule has 0 aliphatic carbocycles. The molecule has 120 valence electrons. The number of nitrogens with one attached hydrogen (secondary N) is 2. The molecule has 0 aliphatic rings. The lowest BCUT2D eigenvalue weighted by Gasteiger charge is -2.13. The second kappa shape index (κ2) is 8.51. The van der Waals surface area contributed by atoms with Crippen LogP contribution in [0.4, 0.5) is 0 Å². The average Bonchev–Trinajstić information content (AvgIpc) is 2.46. The van der Waals surface area contributed by atoms with Gasteiger partial charge in [0, 0.05) is 13.1 Å². The minimum Gasteiger partial charge on any atom is -0.313 e. The minimum atomic E-state index is -3.41. The lowest BCUT2D eigenvalue weighted by atomic mass is 10.1. The summed E-state index contributed by atoms with van der Waals surface area (Å²) in [5, 5.41) is 3.31. The summed E-state index contributed by atoms with van der Waals surface area (Å²) in [6.45, 7) is 10.3. The molecule has 0 radical (unpaired) electrons. The van der Waals surface area contributed by atoms with Gasteiger partial charge in [0.1, 0.15) is 0 Å². The molecule has 0 aliphatic heterocycles. The van der Waals surface area contributed by atoms with Crippen LogP contribution in [0, 0.1) is 12.8 Å². The molecule has 1 rings (SSSR count). The lowest BCUT2D eigenvalue weighted by Crippen LogP contribution is -2.28. The molecule has 2 N–H and O–H groups in total. The minimum absolute atomic E-state index is 0.343. The number of sulfonamides is 1. The van der Waals surface area contributed by atoms with E-state index in [0.29, 0.717) is 23.9 Å². The van der Waals surface area contributed by atoms with Gasteiger partial charge in [-0.3, -0.25) is 0 Å². The van der Waals surface area contributed by atoms with Crippen LogP contribution < -0.4 is 10.0 Å². The van der Waals surface area contributed by atoms with E-state index in [2.05, 4.69) is 23.9 Å². The van der Waals surface area contributed by atoms with Gasteiger partial charge >= 0.3 is 0 Å². The highest BCUT2D eigenvalue weighted by atomic mass is 32.2. The first-order valence-corrected chi connectivity index (χ1v) is 9.19. The molecule has 0 spiro atoms. The average molecular weight is 312 g/mol. The van der Waals surface area contributed by atoms with E-state index in [1.807, 2.05) is 19.9 Å². The van der Waals surface area contributed by atoms with E-state index in [1.165, 1.54) is 0 Å². The summed E-state index contributed by atoms with van der Waals surface area (Å²) in [5.74, 6) is 0.343. The van der Waals surface area contributed by atoms with E-state index in [0.717, 1.165) is 30.5 Å². The van der Waals surface area contributed by atoms with Crippen molar-refractivity contribution < 1.29 is 8.42 Å². The van der Waals surface area contributed by atoms with Gasteiger partial charge in [0.05, 0.1) is 4.90 Å². The number of benzene rings is 1. The van der Waals surface area contributed by atoms with Gasteiger partial charge in [-0.25, -0.2) is 13.1 Å². The highest BCUT2D eigenvalue weighted by Crippen LogP contribution is 2.16. The molecule has 0 saturated heterocycles. The second-order valence-corrected chi connectivity index (χ2v) is 7.40. The molecule has 0 saturated carbocycles. The quantitative estimate of drug-likeness (QED) is 0.689. The third kappa shape index (κ3) is 5.77. The van der Waals surface area contributed by atoms with Crippen LogP contribution in [-0.4, -0.2) is 21.5 Å². The summed E-state index contributed by atoms with van der Waals surface area (Å²) in [4.78, 5) is 0.352. The number of hydrogen-bond acceptors (Lipinski definition) is 3. The fourth-order valence-electron chi connectivity index (χ4n) is 1.88. The molecule has 1 unspecified atom stereocenters. The summed E-state index contributed by atoms with van der Waals surface area (Å²) in [6, 6.07) is 5.33. The standard InChI is InChI=1S/C16H28N2O2S/c1-5-9-17-12-15-10-16(8-7-14(15)4)21(19,20)18-11-13(3)6-2/h7-8,10,13,17-18H,5-6,9,11-12H2,1-4H3. The predicted molar refractivity (Wildman–Crippen MR) is 87.8 cm³/mol. The fraction of sp³-hybridized carbons (Fsp3) is 0.625. The molecule has 1 aromatic carbocycles. The molecule has 5 heteroatoms. The lowest BCUT2D eigenvalue weighted by molar-refractivity contribution is 0.528. The monoisotopic (exact) mass is 312 g/mol. The first-order valence-electron chi connectivity index (χ1n) is 7.70. The SMILES string of the molecule is CCCNCc1cc(S(=O)(=O)NCC(C)CC)ccc1C. The summed E-state index contributed by atoms with van der Waals surface area (Å²) in [5.41, 5.74) is 2.15. The third-order valence-electron chi connectivity index (χ3n) is 3.69. The third-order valence-corrected chi connectivity index (χ3v) is 5.11. The second-order valence-electron chi connectivity index (χ2n) is 5.63. The van der Waals surface area contributed by atoms with Crippen molar-refractivity contribution in [3.05, 3.63) is 29.3 Å².